The van der Waals surface area contributed by atoms with Crippen LogP contribution in [0.5, 0.6) is 11.5 Å². The van der Waals surface area contributed by atoms with Gasteiger partial charge in [0.05, 0.1) is 38.4 Å². The van der Waals surface area contributed by atoms with Crippen molar-refractivity contribution in [1.82, 2.24) is 5.32 Å². The van der Waals surface area contributed by atoms with Crippen LogP contribution in [0.2, 0.25) is 5.02 Å². The standard InChI is InChI=1S/C25H26ClNO6/c1-14-21(24(28)31-4)23(22(15(2)27-14)25(29)32-5)17-8-11-19(20(12-17)30-3)33-13-16-6-9-18(26)10-7-16/h6-12,23,27H,13H2,1-5H3. The van der Waals surface area contributed by atoms with Crippen molar-refractivity contribution in [3.05, 3.63) is 81.2 Å². The third-order valence-electron chi connectivity index (χ3n) is 5.40. The third kappa shape index (κ3) is 5.14. The summed E-state index contributed by atoms with van der Waals surface area (Å²) < 4.78 is 21.5. The van der Waals surface area contributed by atoms with Crippen molar-refractivity contribution < 1.29 is 28.5 Å². The number of carbonyl (C=O) groups excluding carboxylic acids is 2. The zero-order valence-corrected chi connectivity index (χ0v) is 19.9. The van der Waals surface area contributed by atoms with Gasteiger partial charge in [-0.15, -0.1) is 0 Å². The average molecular weight is 472 g/mol. The van der Waals surface area contributed by atoms with E-state index >= 15 is 0 Å². The van der Waals surface area contributed by atoms with Crippen molar-refractivity contribution in [3.63, 3.8) is 0 Å². The molecule has 0 spiro atoms. The van der Waals surface area contributed by atoms with Crippen LogP contribution in [0, 0.1) is 0 Å². The second-order valence-corrected chi connectivity index (χ2v) is 7.88. The molecule has 7 nitrogen and oxygen atoms in total. The number of hydrogen-bond acceptors (Lipinski definition) is 7. The topological polar surface area (TPSA) is 83.1 Å². The first-order valence-corrected chi connectivity index (χ1v) is 10.6. The Morgan fingerprint density at radius 3 is 1.97 bits per heavy atom. The highest BCUT2D eigenvalue weighted by Crippen LogP contribution is 2.42. The van der Waals surface area contributed by atoms with E-state index in [2.05, 4.69) is 5.32 Å². The lowest BCUT2D eigenvalue weighted by Gasteiger charge is -2.30. The highest BCUT2D eigenvalue weighted by molar-refractivity contribution is 6.30. The molecule has 1 aliphatic heterocycles. The van der Waals surface area contributed by atoms with Crippen LogP contribution in [0.4, 0.5) is 0 Å². The second kappa shape index (κ2) is 10.4. The van der Waals surface area contributed by atoms with E-state index in [1.54, 1.807) is 44.2 Å². The molecule has 0 aliphatic carbocycles. The summed E-state index contributed by atoms with van der Waals surface area (Å²) in [4.78, 5) is 25.3. The summed E-state index contributed by atoms with van der Waals surface area (Å²) in [5.41, 5.74) is 3.44. The van der Waals surface area contributed by atoms with Crippen LogP contribution in [0.1, 0.15) is 30.9 Å². The summed E-state index contributed by atoms with van der Waals surface area (Å²) in [5, 5.41) is 3.73. The molecule has 1 N–H and O–H groups in total. The van der Waals surface area contributed by atoms with Gasteiger partial charge in [0.1, 0.15) is 6.61 Å². The van der Waals surface area contributed by atoms with E-state index in [9.17, 15) is 9.59 Å². The molecule has 174 valence electrons. The molecule has 0 bridgehead atoms. The number of dihydropyridines is 1. The fourth-order valence-electron chi connectivity index (χ4n) is 3.81. The number of rotatable bonds is 7. The van der Waals surface area contributed by atoms with Crippen molar-refractivity contribution in [2.75, 3.05) is 21.3 Å². The quantitative estimate of drug-likeness (QED) is 0.595. The van der Waals surface area contributed by atoms with Gasteiger partial charge in [0.25, 0.3) is 0 Å². The first kappa shape index (κ1) is 24.2. The zero-order valence-electron chi connectivity index (χ0n) is 19.2. The number of halogens is 1. The molecule has 0 atom stereocenters. The predicted molar refractivity (Wildman–Crippen MR) is 124 cm³/mol. The Morgan fingerprint density at radius 1 is 0.879 bits per heavy atom. The highest BCUT2D eigenvalue weighted by Gasteiger charge is 2.38. The van der Waals surface area contributed by atoms with Crippen LogP contribution >= 0.6 is 11.6 Å². The van der Waals surface area contributed by atoms with Crippen molar-refractivity contribution in [2.24, 2.45) is 0 Å². The van der Waals surface area contributed by atoms with Gasteiger partial charge in [-0.25, -0.2) is 9.59 Å². The lowest BCUT2D eigenvalue weighted by molar-refractivity contribution is -0.137. The summed E-state index contributed by atoms with van der Waals surface area (Å²) in [7, 11) is 4.13. The van der Waals surface area contributed by atoms with Gasteiger partial charge in [-0.3, -0.25) is 0 Å². The summed E-state index contributed by atoms with van der Waals surface area (Å²) in [6.45, 7) is 3.84. The van der Waals surface area contributed by atoms with E-state index in [1.165, 1.54) is 21.3 Å². The van der Waals surface area contributed by atoms with Gasteiger partial charge in [0.2, 0.25) is 0 Å². The number of benzene rings is 2. The van der Waals surface area contributed by atoms with E-state index < -0.39 is 17.9 Å². The monoisotopic (exact) mass is 471 g/mol. The van der Waals surface area contributed by atoms with Crippen molar-refractivity contribution >= 4 is 23.5 Å². The minimum atomic E-state index is -0.703. The molecule has 0 unspecified atom stereocenters. The Balaban J connectivity index is 2.01. The first-order chi connectivity index (χ1) is 15.8. The van der Waals surface area contributed by atoms with Crippen LogP contribution in [-0.2, 0) is 25.7 Å². The van der Waals surface area contributed by atoms with E-state index in [4.69, 9.17) is 30.5 Å². The SMILES string of the molecule is COC(=O)C1=C(C)NC(C)=C(C(=O)OC)C1c1ccc(OCc2ccc(Cl)cc2)c(OC)c1. The summed E-state index contributed by atoms with van der Waals surface area (Å²) in [6, 6.07) is 12.6. The van der Waals surface area contributed by atoms with Gasteiger partial charge in [-0.05, 0) is 49.2 Å². The van der Waals surface area contributed by atoms with E-state index in [-0.39, 0.29) is 0 Å². The molecule has 2 aromatic rings. The maximum Gasteiger partial charge on any atom is 0.336 e. The molecule has 0 saturated heterocycles. The normalized spacial score (nSPS) is 14.0. The van der Waals surface area contributed by atoms with Gasteiger partial charge in [0, 0.05) is 16.4 Å². The van der Waals surface area contributed by atoms with Crippen molar-refractivity contribution in [2.45, 2.75) is 26.4 Å². The van der Waals surface area contributed by atoms with Gasteiger partial charge in [-0.1, -0.05) is 29.8 Å². The Labute approximate surface area is 197 Å². The predicted octanol–water partition coefficient (Wildman–Crippen LogP) is 4.51. The number of methoxy groups -OCH3 is 3. The number of nitrogens with one attached hydrogen (secondary N) is 1. The molecule has 1 aliphatic rings. The zero-order chi connectivity index (χ0) is 24.1. The van der Waals surface area contributed by atoms with Gasteiger partial charge in [-0.2, -0.15) is 0 Å². The van der Waals surface area contributed by atoms with Gasteiger partial charge in [0.15, 0.2) is 11.5 Å². The number of hydrogen-bond donors (Lipinski definition) is 1. The molecule has 33 heavy (non-hydrogen) atoms. The van der Waals surface area contributed by atoms with Crippen LogP contribution in [-0.4, -0.2) is 33.3 Å². The largest absolute Gasteiger partial charge is 0.493 e. The van der Waals surface area contributed by atoms with Crippen LogP contribution in [0.25, 0.3) is 0 Å². The maximum atomic E-state index is 12.7. The molecular formula is C25H26ClNO6. The Morgan fingerprint density at radius 2 is 1.45 bits per heavy atom. The molecule has 0 radical (unpaired) electrons. The Kier molecular flexibility index (Phi) is 7.66. The summed E-state index contributed by atoms with van der Waals surface area (Å²) in [5.74, 6) is -0.804. The molecule has 1 heterocycles. The minimum absolute atomic E-state index is 0.319. The second-order valence-electron chi connectivity index (χ2n) is 7.44. The van der Waals surface area contributed by atoms with Gasteiger partial charge < -0.3 is 24.3 Å². The molecular weight excluding hydrogens is 446 g/mol. The summed E-state index contributed by atoms with van der Waals surface area (Å²) in [6.07, 6.45) is 0. The van der Waals surface area contributed by atoms with Crippen molar-refractivity contribution in [3.8, 4) is 11.5 Å². The van der Waals surface area contributed by atoms with Gasteiger partial charge >= 0.3 is 11.9 Å². The smallest absolute Gasteiger partial charge is 0.336 e. The van der Waals surface area contributed by atoms with E-state index in [0.29, 0.717) is 51.2 Å². The lowest BCUT2D eigenvalue weighted by atomic mass is 9.80. The molecule has 2 aromatic carbocycles. The fourth-order valence-corrected chi connectivity index (χ4v) is 3.94. The molecule has 0 aromatic heterocycles. The Hall–Kier alpha value is -3.45. The number of carbonyl (C=O) groups is 2. The third-order valence-corrected chi connectivity index (χ3v) is 5.65. The molecule has 0 amide bonds. The fraction of sp³-hybridized carbons (Fsp3) is 0.280. The average Bonchev–Trinajstić information content (AvgIpc) is 2.82. The molecule has 0 fully saturated rings. The van der Waals surface area contributed by atoms with Crippen LogP contribution in [0.3, 0.4) is 0 Å². The lowest BCUT2D eigenvalue weighted by Crippen LogP contribution is -2.32. The number of esters is 2. The molecule has 8 heteroatoms. The van der Waals surface area contributed by atoms with E-state index in [1.807, 2.05) is 12.1 Å². The van der Waals surface area contributed by atoms with E-state index in [0.717, 1.165) is 5.56 Å². The summed E-state index contributed by atoms with van der Waals surface area (Å²) >= 11 is 5.94. The number of ether oxygens (including phenoxy) is 4. The minimum Gasteiger partial charge on any atom is -0.493 e. The van der Waals surface area contributed by atoms with Crippen LogP contribution in [0.15, 0.2) is 65.0 Å². The maximum absolute atomic E-state index is 12.7. The Bertz CT molecular complexity index is 1080. The highest BCUT2D eigenvalue weighted by atomic mass is 35.5. The molecule has 3 rings (SSSR count). The van der Waals surface area contributed by atoms with Crippen LogP contribution < -0.4 is 14.8 Å². The molecule has 0 saturated carbocycles. The first-order valence-electron chi connectivity index (χ1n) is 10.2. The van der Waals surface area contributed by atoms with Crippen molar-refractivity contribution in [1.29, 1.82) is 0 Å². The number of allylic oxidation sites excluding steroid dienone is 2.